The van der Waals surface area contributed by atoms with E-state index < -0.39 is 17.8 Å². The van der Waals surface area contributed by atoms with E-state index in [4.69, 9.17) is 28.2 Å². The van der Waals surface area contributed by atoms with Gasteiger partial charge in [0.05, 0.1) is 34.5 Å². The maximum absolute atomic E-state index is 15.6. The number of halogens is 3. The fraction of sp³-hybridized carbons (Fsp3) is 0.188. The molecule has 46 heavy (non-hydrogen) atoms. The molecule has 2 N–H and O–H groups in total. The third kappa shape index (κ3) is 5.96. The minimum Gasteiger partial charge on any atom is -0.355 e. The third-order valence-electron chi connectivity index (χ3n) is 7.61. The van der Waals surface area contributed by atoms with Crippen molar-refractivity contribution >= 4 is 41.0 Å². The molecule has 2 amide bonds. The fourth-order valence-electron chi connectivity index (χ4n) is 5.23. The number of fused-ring (bicyclic) bond motifs is 1. The van der Waals surface area contributed by atoms with Crippen molar-refractivity contribution in [2.24, 2.45) is 0 Å². The van der Waals surface area contributed by atoms with E-state index in [2.05, 4.69) is 20.5 Å². The van der Waals surface area contributed by atoms with Crippen LogP contribution in [0.5, 0.6) is 0 Å². The number of amides is 2. The van der Waals surface area contributed by atoms with E-state index in [-0.39, 0.29) is 58.2 Å². The number of nitrogens with one attached hydrogen (secondary N) is 2. The highest BCUT2D eigenvalue weighted by atomic mass is 35.5. The number of carbonyl (C=O) groups is 2. The molecule has 234 valence electrons. The van der Waals surface area contributed by atoms with Crippen LogP contribution in [0.1, 0.15) is 37.8 Å². The van der Waals surface area contributed by atoms with E-state index in [1.54, 1.807) is 36.2 Å². The van der Waals surface area contributed by atoms with E-state index in [0.29, 0.717) is 22.9 Å². The summed E-state index contributed by atoms with van der Waals surface area (Å²) in [7, 11) is 3.25. The first-order valence-corrected chi connectivity index (χ1v) is 15.0. The molecular weight excluding hydrogens is 634 g/mol. The molecule has 14 heteroatoms. The van der Waals surface area contributed by atoms with Gasteiger partial charge in [0, 0.05) is 42.8 Å². The topological polar surface area (TPSA) is 129 Å². The number of aromatic nitrogens is 5. The van der Waals surface area contributed by atoms with Crippen molar-refractivity contribution < 1.29 is 14.0 Å². The normalized spacial score (nSPS) is 14.1. The van der Waals surface area contributed by atoms with Crippen LogP contribution in [0.4, 0.5) is 10.3 Å². The summed E-state index contributed by atoms with van der Waals surface area (Å²) in [5.41, 5.74) is 1.71. The number of carbonyl (C=O) groups excluding carboxylic acids is 2. The Labute approximate surface area is 272 Å². The number of aromatic amines is 1. The zero-order chi connectivity index (χ0) is 32.5. The Bertz CT molecular complexity index is 2000. The number of H-pyrrole nitrogens is 1. The van der Waals surface area contributed by atoms with E-state index >= 15 is 4.39 Å². The van der Waals surface area contributed by atoms with Crippen molar-refractivity contribution in [3.8, 4) is 17.1 Å². The van der Waals surface area contributed by atoms with Crippen molar-refractivity contribution in [2.75, 3.05) is 19.0 Å². The maximum atomic E-state index is 15.6. The molecule has 0 radical (unpaired) electrons. The number of benzene rings is 3. The molecule has 0 aliphatic carbocycles. The largest absolute Gasteiger partial charge is 0.355 e. The number of hydrogen-bond donors (Lipinski definition) is 2. The Morgan fingerprint density at radius 2 is 1.74 bits per heavy atom. The number of hydrogen-bond acceptors (Lipinski definition) is 7. The lowest BCUT2D eigenvalue weighted by atomic mass is 10.0. The van der Waals surface area contributed by atoms with Gasteiger partial charge >= 0.3 is 0 Å². The summed E-state index contributed by atoms with van der Waals surface area (Å²) in [6, 6.07) is 20.2. The van der Waals surface area contributed by atoms with Crippen LogP contribution in [0.2, 0.25) is 10.0 Å². The molecule has 0 bridgehead atoms. The Kier molecular flexibility index (Phi) is 8.57. The monoisotopic (exact) mass is 660 g/mol. The van der Waals surface area contributed by atoms with Crippen LogP contribution >= 0.6 is 23.2 Å². The molecule has 5 aromatic rings. The van der Waals surface area contributed by atoms with E-state index in [9.17, 15) is 14.4 Å². The quantitative estimate of drug-likeness (QED) is 0.240. The van der Waals surface area contributed by atoms with Crippen LogP contribution in [-0.4, -0.2) is 61.8 Å². The van der Waals surface area contributed by atoms with Crippen molar-refractivity contribution in [3.05, 3.63) is 121 Å². The van der Waals surface area contributed by atoms with Gasteiger partial charge in [-0.2, -0.15) is 5.10 Å². The molecule has 1 atom stereocenters. The average molecular weight is 662 g/mol. The van der Waals surface area contributed by atoms with E-state index in [0.717, 1.165) is 10.5 Å². The highest BCUT2D eigenvalue weighted by Gasteiger charge is 2.35. The zero-order valence-corrected chi connectivity index (χ0v) is 26.2. The highest BCUT2D eigenvalue weighted by molar-refractivity contribution is 6.42. The van der Waals surface area contributed by atoms with Gasteiger partial charge in [-0.05, 0) is 42.5 Å². The standard InChI is InChI=1S/C32H27Cl2FN8O3/c1-36-29(44)19-8-11-21(12-9-19)43-31(46)22-15-26(35)42(30(45)20-10-13-23(33)24(34)14-20)16-25(22)37-32(43)41(2)17-27-38-28(40-39-27)18-6-4-3-5-7-18/h3-14,26H,15-17H2,1-2H3,(H,36,44)(H,38,39,40)/t26-/m0/s1. The van der Waals surface area contributed by atoms with Gasteiger partial charge < -0.3 is 15.1 Å². The minimum atomic E-state index is -1.79. The molecule has 6 rings (SSSR count). The highest BCUT2D eigenvalue weighted by Crippen LogP contribution is 2.29. The molecule has 0 saturated heterocycles. The molecule has 0 unspecified atom stereocenters. The van der Waals surface area contributed by atoms with Crippen LogP contribution in [0.15, 0.2) is 77.6 Å². The number of nitrogens with zero attached hydrogens (tertiary/aromatic N) is 6. The molecule has 2 aromatic heterocycles. The number of rotatable bonds is 7. The first kappa shape index (κ1) is 30.9. The van der Waals surface area contributed by atoms with E-state index in [1.165, 1.54) is 29.8 Å². The molecular formula is C32H27Cl2FN8O3. The molecule has 3 heterocycles. The molecule has 1 aliphatic rings. The van der Waals surface area contributed by atoms with Crippen molar-refractivity contribution in [2.45, 2.75) is 25.8 Å². The lowest BCUT2D eigenvalue weighted by Gasteiger charge is -2.33. The first-order chi connectivity index (χ1) is 22.1. The van der Waals surface area contributed by atoms with Gasteiger partial charge in [0.1, 0.15) is 5.82 Å². The van der Waals surface area contributed by atoms with Crippen molar-refractivity contribution in [1.29, 1.82) is 0 Å². The van der Waals surface area contributed by atoms with Gasteiger partial charge in [-0.3, -0.25) is 19.5 Å². The van der Waals surface area contributed by atoms with Gasteiger partial charge in [0.2, 0.25) is 5.95 Å². The summed E-state index contributed by atoms with van der Waals surface area (Å²) in [6.45, 7) is -0.0678. The molecule has 3 aromatic carbocycles. The second-order valence-corrected chi connectivity index (χ2v) is 11.4. The summed E-state index contributed by atoms with van der Waals surface area (Å²) in [5.74, 6) is 0.335. The smallest absolute Gasteiger partial charge is 0.263 e. The SMILES string of the molecule is CNC(=O)c1ccc(-n2c(N(C)Cc3nc(-c4ccccc4)n[nH]3)nc3c(c2=O)C[C@@H](F)N(C(=O)c2ccc(Cl)c(Cl)c2)C3)cc1. The van der Waals surface area contributed by atoms with Gasteiger partial charge in [-0.25, -0.2) is 18.9 Å². The summed E-state index contributed by atoms with van der Waals surface area (Å²) < 4.78 is 17.0. The summed E-state index contributed by atoms with van der Waals surface area (Å²) in [4.78, 5) is 51.8. The summed E-state index contributed by atoms with van der Waals surface area (Å²) in [6.07, 6.45) is -2.15. The second kappa shape index (κ2) is 12.7. The summed E-state index contributed by atoms with van der Waals surface area (Å²) in [5, 5.41) is 10.3. The van der Waals surface area contributed by atoms with E-state index in [1.807, 2.05) is 30.3 Å². The third-order valence-corrected chi connectivity index (χ3v) is 8.35. The number of anilines is 1. The van der Waals surface area contributed by atoms with Crippen molar-refractivity contribution in [3.63, 3.8) is 0 Å². The van der Waals surface area contributed by atoms with Gasteiger partial charge in [0.15, 0.2) is 12.1 Å². The van der Waals surface area contributed by atoms with Crippen LogP contribution in [-0.2, 0) is 19.5 Å². The van der Waals surface area contributed by atoms with Crippen molar-refractivity contribution in [1.82, 2.24) is 34.9 Å². The molecule has 0 spiro atoms. The average Bonchev–Trinajstić information content (AvgIpc) is 3.54. The Morgan fingerprint density at radius 1 is 1.02 bits per heavy atom. The first-order valence-electron chi connectivity index (χ1n) is 14.2. The Balaban J connectivity index is 1.40. The fourth-order valence-corrected chi connectivity index (χ4v) is 5.53. The molecule has 11 nitrogen and oxygen atoms in total. The van der Waals surface area contributed by atoms with Crippen LogP contribution < -0.4 is 15.8 Å². The maximum Gasteiger partial charge on any atom is 0.263 e. The van der Waals surface area contributed by atoms with Gasteiger partial charge in [0.25, 0.3) is 17.4 Å². The Hall–Kier alpha value is -5.07. The van der Waals surface area contributed by atoms with Crippen LogP contribution in [0.3, 0.4) is 0 Å². The second-order valence-electron chi connectivity index (χ2n) is 10.6. The van der Waals surface area contributed by atoms with Gasteiger partial charge in [-0.1, -0.05) is 53.5 Å². The lowest BCUT2D eigenvalue weighted by Crippen LogP contribution is -2.45. The molecule has 0 saturated carbocycles. The summed E-state index contributed by atoms with van der Waals surface area (Å²) >= 11 is 12.1. The predicted molar refractivity (Wildman–Crippen MR) is 172 cm³/mol. The molecule has 1 aliphatic heterocycles. The number of alkyl halides is 1. The van der Waals surface area contributed by atoms with Crippen LogP contribution in [0, 0.1) is 0 Å². The zero-order valence-electron chi connectivity index (χ0n) is 24.7. The minimum absolute atomic E-state index is 0.143. The predicted octanol–water partition coefficient (Wildman–Crippen LogP) is 4.81. The van der Waals surface area contributed by atoms with Gasteiger partial charge in [-0.15, -0.1) is 0 Å². The van der Waals surface area contributed by atoms with Crippen LogP contribution in [0.25, 0.3) is 17.1 Å². The lowest BCUT2D eigenvalue weighted by molar-refractivity contribution is 0.0381. The molecule has 0 fully saturated rings. The Morgan fingerprint density at radius 3 is 2.43 bits per heavy atom.